The van der Waals surface area contributed by atoms with Gasteiger partial charge in [0.1, 0.15) is 18.0 Å². The molecule has 1 aromatic carbocycles. The summed E-state index contributed by atoms with van der Waals surface area (Å²) in [5.41, 5.74) is 7.63. The molecule has 0 heterocycles. The first-order chi connectivity index (χ1) is 10.9. The van der Waals surface area contributed by atoms with Crippen LogP contribution in [-0.2, 0) is 9.53 Å². The molecule has 0 aromatic heterocycles. The highest BCUT2D eigenvalue weighted by molar-refractivity contribution is 5.75. The van der Waals surface area contributed by atoms with Gasteiger partial charge >= 0.3 is 5.97 Å². The first-order valence-electron chi connectivity index (χ1n) is 8.62. The maximum absolute atomic E-state index is 13.5. The summed E-state index contributed by atoms with van der Waals surface area (Å²) in [7, 11) is 0. The maximum Gasteiger partial charge on any atom is 0.322 e. The van der Waals surface area contributed by atoms with E-state index in [9.17, 15) is 9.18 Å². The first kappa shape index (κ1) is 17.9. The van der Waals surface area contributed by atoms with Gasteiger partial charge in [-0.1, -0.05) is 25.3 Å². The van der Waals surface area contributed by atoms with Crippen molar-refractivity contribution in [3.63, 3.8) is 0 Å². The van der Waals surface area contributed by atoms with Crippen LogP contribution in [0.4, 0.5) is 4.39 Å². The van der Waals surface area contributed by atoms with Gasteiger partial charge < -0.3 is 10.5 Å². The van der Waals surface area contributed by atoms with Gasteiger partial charge in [-0.05, 0) is 62.8 Å². The first-order valence-corrected chi connectivity index (χ1v) is 8.62. The second kappa shape index (κ2) is 7.91. The van der Waals surface area contributed by atoms with Gasteiger partial charge in [-0.2, -0.15) is 0 Å². The number of rotatable bonds is 5. The van der Waals surface area contributed by atoms with Crippen LogP contribution in [0.15, 0.2) is 18.2 Å². The van der Waals surface area contributed by atoms with Crippen LogP contribution in [0.5, 0.6) is 0 Å². The summed E-state index contributed by atoms with van der Waals surface area (Å²) in [5.74, 6) is -0.0469. The lowest BCUT2D eigenvalue weighted by atomic mass is 9.73. The van der Waals surface area contributed by atoms with E-state index in [0.29, 0.717) is 5.92 Å². The molecule has 1 aliphatic carbocycles. The van der Waals surface area contributed by atoms with Crippen molar-refractivity contribution in [2.45, 2.75) is 70.9 Å². The molecule has 0 unspecified atom stereocenters. The average molecular weight is 321 g/mol. The lowest BCUT2D eigenvalue weighted by molar-refractivity contribution is -0.151. The van der Waals surface area contributed by atoms with E-state index in [1.54, 1.807) is 13.0 Å². The summed E-state index contributed by atoms with van der Waals surface area (Å²) in [6.45, 7) is 5.49. The predicted octanol–water partition coefficient (Wildman–Crippen LogP) is 4.08. The predicted molar refractivity (Wildman–Crippen MR) is 89.7 cm³/mol. The molecule has 23 heavy (non-hydrogen) atoms. The topological polar surface area (TPSA) is 52.3 Å². The zero-order valence-electron chi connectivity index (χ0n) is 14.3. The molecular weight excluding hydrogens is 293 g/mol. The van der Waals surface area contributed by atoms with Crippen LogP contribution in [0, 0.1) is 18.7 Å². The molecule has 3 atom stereocenters. The quantitative estimate of drug-likeness (QED) is 0.832. The third-order valence-electron chi connectivity index (χ3n) is 4.93. The molecule has 3 nitrogen and oxygen atoms in total. The fourth-order valence-corrected chi connectivity index (χ4v) is 3.76. The largest absolute Gasteiger partial charge is 0.461 e. The third kappa shape index (κ3) is 4.54. The van der Waals surface area contributed by atoms with Crippen LogP contribution in [0.1, 0.15) is 63.0 Å². The molecule has 1 saturated carbocycles. The maximum atomic E-state index is 13.5. The number of aryl methyl sites for hydroxylation is 1. The average Bonchev–Trinajstić information content (AvgIpc) is 2.50. The zero-order valence-corrected chi connectivity index (χ0v) is 14.3. The monoisotopic (exact) mass is 321 g/mol. The Balaban J connectivity index is 2.28. The lowest BCUT2D eigenvalue weighted by Gasteiger charge is -2.35. The Morgan fingerprint density at radius 3 is 2.48 bits per heavy atom. The van der Waals surface area contributed by atoms with E-state index in [4.69, 9.17) is 10.5 Å². The molecule has 0 spiro atoms. The van der Waals surface area contributed by atoms with Crippen molar-refractivity contribution in [1.29, 1.82) is 0 Å². The molecular formula is C19H28FNO2. The smallest absolute Gasteiger partial charge is 0.322 e. The number of esters is 1. The van der Waals surface area contributed by atoms with Gasteiger partial charge in [0.05, 0.1) is 0 Å². The summed E-state index contributed by atoms with van der Waals surface area (Å²) in [4.78, 5) is 11.9. The summed E-state index contributed by atoms with van der Waals surface area (Å²) in [5, 5.41) is 0. The van der Waals surface area contributed by atoms with Crippen molar-refractivity contribution in [2.75, 3.05) is 0 Å². The van der Waals surface area contributed by atoms with Crippen molar-refractivity contribution in [1.82, 2.24) is 0 Å². The van der Waals surface area contributed by atoms with E-state index in [1.807, 2.05) is 19.9 Å². The Bertz CT molecular complexity index is 538. The number of benzene rings is 1. The van der Waals surface area contributed by atoms with Crippen molar-refractivity contribution in [3.05, 3.63) is 35.1 Å². The summed E-state index contributed by atoms with van der Waals surface area (Å²) in [6, 6.07) is 4.28. The van der Waals surface area contributed by atoms with E-state index in [2.05, 4.69) is 0 Å². The molecule has 1 fully saturated rings. The Kier molecular flexibility index (Phi) is 6.17. The number of nitrogens with two attached hydrogens (primary N) is 1. The van der Waals surface area contributed by atoms with Gasteiger partial charge in [0.15, 0.2) is 0 Å². The number of hydrogen-bond donors (Lipinski definition) is 1. The molecule has 2 N–H and O–H groups in total. The number of hydrogen-bond acceptors (Lipinski definition) is 3. The molecule has 0 aliphatic heterocycles. The third-order valence-corrected chi connectivity index (χ3v) is 4.93. The van der Waals surface area contributed by atoms with Crippen molar-refractivity contribution < 1.29 is 13.9 Å². The Morgan fingerprint density at radius 2 is 1.91 bits per heavy atom. The van der Waals surface area contributed by atoms with Crippen molar-refractivity contribution in [2.24, 2.45) is 11.7 Å². The minimum atomic E-state index is -0.626. The highest BCUT2D eigenvalue weighted by Gasteiger charge is 2.33. The van der Waals surface area contributed by atoms with Gasteiger partial charge in [-0.15, -0.1) is 0 Å². The van der Waals surface area contributed by atoms with E-state index in [0.717, 1.165) is 24.0 Å². The fourth-order valence-electron chi connectivity index (χ4n) is 3.76. The summed E-state index contributed by atoms with van der Waals surface area (Å²) < 4.78 is 19.1. The minimum absolute atomic E-state index is 0.0959. The lowest BCUT2D eigenvalue weighted by Crippen LogP contribution is -2.36. The van der Waals surface area contributed by atoms with E-state index in [1.165, 1.54) is 25.3 Å². The van der Waals surface area contributed by atoms with Crippen molar-refractivity contribution in [3.8, 4) is 0 Å². The van der Waals surface area contributed by atoms with E-state index in [-0.39, 0.29) is 23.8 Å². The van der Waals surface area contributed by atoms with Crippen LogP contribution in [0.25, 0.3) is 0 Å². The molecule has 4 heteroatoms. The Labute approximate surface area is 138 Å². The van der Waals surface area contributed by atoms with Gasteiger partial charge in [-0.3, -0.25) is 4.79 Å². The van der Waals surface area contributed by atoms with Crippen LogP contribution >= 0.6 is 0 Å². The van der Waals surface area contributed by atoms with Crippen LogP contribution < -0.4 is 5.73 Å². The SMILES string of the molecule is Cc1cc(F)ccc1[C@H](C1CCCCC1)[C@H](C)OC(=O)[C@H](C)N. The van der Waals surface area contributed by atoms with E-state index < -0.39 is 6.04 Å². The van der Waals surface area contributed by atoms with E-state index >= 15 is 0 Å². The van der Waals surface area contributed by atoms with Gasteiger partial charge in [0.25, 0.3) is 0 Å². The van der Waals surface area contributed by atoms with Gasteiger partial charge in [0.2, 0.25) is 0 Å². The van der Waals surface area contributed by atoms with Crippen LogP contribution in [0.3, 0.4) is 0 Å². The van der Waals surface area contributed by atoms with Crippen LogP contribution in [0.2, 0.25) is 0 Å². The van der Waals surface area contributed by atoms with Gasteiger partial charge in [-0.25, -0.2) is 4.39 Å². The fraction of sp³-hybridized carbons (Fsp3) is 0.632. The second-order valence-electron chi connectivity index (χ2n) is 6.86. The highest BCUT2D eigenvalue weighted by Crippen LogP contribution is 2.40. The molecule has 1 aliphatic rings. The molecule has 0 bridgehead atoms. The zero-order chi connectivity index (χ0) is 17.0. The molecule has 128 valence electrons. The Morgan fingerprint density at radius 1 is 1.26 bits per heavy atom. The second-order valence-corrected chi connectivity index (χ2v) is 6.86. The highest BCUT2D eigenvalue weighted by atomic mass is 19.1. The summed E-state index contributed by atoms with van der Waals surface area (Å²) >= 11 is 0. The molecule has 2 rings (SSSR count). The van der Waals surface area contributed by atoms with Crippen LogP contribution in [-0.4, -0.2) is 18.1 Å². The molecule has 0 saturated heterocycles. The molecule has 1 aromatic rings. The minimum Gasteiger partial charge on any atom is -0.461 e. The standard InChI is InChI=1S/C19H28FNO2/c1-12-11-16(20)9-10-17(12)18(15-7-5-4-6-8-15)14(3)23-19(22)13(2)21/h9-11,13-15,18H,4-8,21H2,1-3H3/t13-,14-,18-/m0/s1. The van der Waals surface area contributed by atoms with Crippen molar-refractivity contribution >= 4 is 5.97 Å². The summed E-state index contributed by atoms with van der Waals surface area (Å²) in [6.07, 6.45) is 5.66. The number of halogens is 1. The normalized spacial score (nSPS) is 19.9. The number of ether oxygens (including phenoxy) is 1. The molecule has 0 radical (unpaired) electrons. The Hall–Kier alpha value is -1.42. The van der Waals surface area contributed by atoms with Gasteiger partial charge in [0, 0.05) is 5.92 Å². The molecule has 0 amide bonds. The number of carbonyl (C=O) groups excluding carboxylic acids is 1. The number of carbonyl (C=O) groups is 1.